The molecule has 3 N–H and O–H groups in total. The smallest absolute Gasteiger partial charge is 0.251 e. The molecule has 1 aromatic carbocycles. The van der Waals surface area contributed by atoms with Crippen LogP contribution in [0.3, 0.4) is 0 Å². The Kier molecular flexibility index (Phi) is 3.22. The number of carbonyl (C=O) groups excluding carboxylic acids is 1. The Morgan fingerprint density at radius 3 is 2.35 bits per heavy atom. The summed E-state index contributed by atoms with van der Waals surface area (Å²) < 4.78 is 0. The quantitative estimate of drug-likeness (QED) is 0.750. The van der Waals surface area contributed by atoms with Gasteiger partial charge in [-0.15, -0.1) is 0 Å². The van der Waals surface area contributed by atoms with Crippen molar-refractivity contribution in [2.45, 2.75) is 32.2 Å². The van der Waals surface area contributed by atoms with Gasteiger partial charge in [0.05, 0.1) is 0 Å². The predicted molar refractivity (Wildman–Crippen MR) is 64.0 cm³/mol. The Balaban J connectivity index is 2.03. The first-order valence-electron chi connectivity index (χ1n) is 5.90. The van der Waals surface area contributed by atoms with Crippen molar-refractivity contribution in [3.63, 3.8) is 0 Å². The summed E-state index contributed by atoms with van der Waals surface area (Å²) in [7, 11) is 0. The van der Waals surface area contributed by atoms with Gasteiger partial charge in [-0.2, -0.15) is 0 Å². The van der Waals surface area contributed by atoms with Crippen molar-refractivity contribution in [3.8, 4) is 11.5 Å². The lowest BCUT2D eigenvalue weighted by atomic mass is 9.80. The lowest BCUT2D eigenvalue weighted by Crippen LogP contribution is -2.40. The fourth-order valence-corrected chi connectivity index (χ4v) is 2.07. The minimum atomic E-state index is -0.254. The van der Waals surface area contributed by atoms with Crippen LogP contribution in [0.2, 0.25) is 0 Å². The Labute approximate surface area is 100 Å². The maximum Gasteiger partial charge on any atom is 0.251 e. The predicted octanol–water partition coefficient (Wildman–Crippen LogP) is 2.02. The molecule has 2 rings (SSSR count). The average molecular weight is 235 g/mol. The fraction of sp³-hybridized carbons (Fsp3) is 0.462. The highest BCUT2D eigenvalue weighted by atomic mass is 16.3. The van der Waals surface area contributed by atoms with E-state index in [0.29, 0.717) is 5.92 Å². The maximum atomic E-state index is 11.9. The molecule has 1 aliphatic rings. The van der Waals surface area contributed by atoms with Crippen molar-refractivity contribution in [2.75, 3.05) is 0 Å². The van der Waals surface area contributed by atoms with E-state index in [0.717, 1.165) is 12.8 Å². The third-order valence-electron chi connectivity index (χ3n) is 3.38. The van der Waals surface area contributed by atoms with Crippen molar-refractivity contribution in [2.24, 2.45) is 5.92 Å². The molecule has 1 aliphatic carbocycles. The van der Waals surface area contributed by atoms with Crippen LogP contribution >= 0.6 is 0 Å². The van der Waals surface area contributed by atoms with Crippen molar-refractivity contribution < 1.29 is 15.0 Å². The number of aromatic hydroxyl groups is 2. The molecule has 17 heavy (non-hydrogen) atoms. The van der Waals surface area contributed by atoms with Crippen LogP contribution in [-0.2, 0) is 0 Å². The second kappa shape index (κ2) is 4.65. The summed E-state index contributed by atoms with van der Waals surface area (Å²) >= 11 is 0. The second-order valence-electron chi connectivity index (χ2n) is 4.69. The van der Waals surface area contributed by atoms with Crippen LogP contribution in [-0.4, -0.2) is 22.2 Å². The molecule has 92 valence electrons. The van der Waals surface area contributed by atoms with E-state index in [2.05, 4.69) is 5.32 Å². The number of rotatable bonds is 3. The van der Waals surface area contributed by atoms with Gasteiger partial charge in [-0.3, -0.25) is 4.79 Å². The molecule has 0 radical (unpaired) electrons. The normalized spacial score (nSPS) is 17.2. The van der Waals surface area contributed by atoms with E-state index < -0.39 is 0 Å². The van der Waals surface area contributed by atoms with Crippen LogP contribution in [0.4, 0.5) is 0 Å². The first kappa shape index (κ1) is 11.8. The number of hydrogen-bond acceptors (Lipinski definition) is 3. The lowest BCUT2D eigenvalue weighted by Gasteiger charge is -2.31. The Morgan fingerprint density at radius 1 is 1.29 bits per heavy atom. The van der Waals surface area contributed by atoms with Gasteiger partial charge in [-0.1, -0.05) is 6.42 Å². The summed E-state index contributed by atoms with van der Waals surface area (Å²) in [5.74, 6) is 0.0957. The first-order valence-corrected chi connectivity index (χ1v) is 5.90. The summed E-state index contributed by atoms with van der Waals surface area (Å²) in [6, 6.07) is 4.04. The van der Waals surface area contributed by atoms with Crippen molar-refractivity contribution in [3.05, 3.63) is 23.8 Å². The number of carbonyl (C=O) groups is 1. The number of hydrogen-bond donors (Lipinski definition) is 3. The highest BCUT2D eigenvalue weighted by Crippen LogP contribution is 2.29. The molecule has 1 fully saturated rings. The van der Waals surface area contributed by atoms with E-state index in [4.69, 9.17) is 0 Å². The Bertz CT molecular complexity index is 406. The van der Waals surface area contributed by atoms with Crippen molar-refractivity contribution in [1.82, 2.24) is 5.32 Å². The fourth-order valence-electron chi connectivity index (χ4n) is 2.07. The highest BCUT2D eigenvalue weighted by molar-refractivity contribution is 5.95. The lowest BCUT2D eigenvalue weighted by molar-refractivity contribution is 0.0908. The minimum Gasteiger partial charge on any atom is -0.508 e. The summed E-state index contributed by atoms with van der Waals surface area (Å²) in [4.78, 5) is 11.9. The number of phenols is 2. The number of benzene rings is 1. The van der Waals surface area contributed by atoms with Gasteiger partial charge in [0.1, 0.15) is 11.5 Å². The van der Waals surface area contributed by atoms with Gasteiger partial charge in [-0.05, 0) is 37.8 Å². The zero-order valence-electron chi connectivity index (χ0n) is 9.81. The van der Waals surface area contributed by atoms with E-state index in [1.807, 2.05) is 6.92 Å². The van der Waals surface area contributed by atoms with E-state index >= 15 is 0 Å². The molecule has 0 aromatic heterocycles. The molecule has 0 saturated heterocycles. The van der Waals surface area contributed by atoms with E-state index in [9.17, 15) is 15.0 Å². The molecule has 0 unspecified atom stereocenters. The number of amides is 1. The van der Waals surface area contributed by atoms with E-state index in [1.54, 1.807) is 0 Å². The second-order valence-corrected chi connectivity index (χ2v) is 4.69. The molecular formula is C13H17NO3. The highest BCUT2D eigenvalue weighted by Gasteiger charge is 2.25. The van der Waals surface area contributed by atoms with Gasteiger partial charge < -0.3 is 15.5 Å². The Morgan fingerprint density at radius 2 is 1.88 bits per heavy atom. The van der Waals surface area contributed by atoms with E-state index in [1.165, 1.54) is 24.6 Å². The molecule has 1 amide bonds. The van der Waals surface area contributed by atoms with Crippen LogP contribution in [0.15, 0.2) is 18.2 Å². The van der Waals surface area contributed by atoms with E-state index in [-0.39, 0.29) is 29.0 Å². The molecular weight excluding hydrogens is 218 g/mol. The molecule has 1 saturated carbocycles. The molecule has 4 nitrogen and oxygen atoms in total. The zero-order chi connectivity index (χ0) is 12.4. The van der Waals surface area contributed by atoms with Gasteiger partial charge >= 0.3 is 0 Å². The molecule has 0 aliphatic heterocycles. The molecule has 0 spiro atoms. The Hall–Kier alpha value is -1.71. The van der Waals surface area contributed by atoms with Crippen molar-refractivity contribution in [1.29, 1.82) is 0 Å². The molecule has 1 atom stereocenters. The van der Waals surface area contributed by atoms with Gasteiger partial charge in [0.15, 0.2) is 0 Å². The van der Waals surface area contributed by atoms with Crippen LogP contribution < -0.4 is 5.32 Å². The van der Waals surface area contributed by atoms with Gasteiger partial charge in [0.2, 0.25) is 0 Å². The molecule has 0 bridgehead atoms. The monoisotopic (exact) mass is 235 g/mol. The SMILES string of the molecule is C[C@@H](NC(=O)c1cc(O)cc(O)c1)C1CCC1. The number of nitrogens with one attached hydrogen (secondary N) is 1. The van der Waals surface area contributed by atoms with Gasteiger partial charge in [0.25, 0.3) is 5.91 Å². The van der Waals surface area contributed by atoms with Gasteiger partial charge in [-0.25, -0.2) is 0 Å². The maximum absolute atomic E-state index is 11.9. The third kappa shape index (κ3) is 2.70. The summed E-state index contributed by atoms with van der Waals surface area (Å²) in [6.45, 7) is 1.99. The van der Waals surface area contributed by atoms with Crippen LogP contribution in [0.5, 0.6) is 11.5 Å². The largest absolute Gasteiger partial charge is 0.508 e. The number of phenolic OH excluding ortho intramolecular Hbond substituents is 2. The third-order valence-corrected chi connectivity index (χ3v) is 3.38. The van der Waals surface area contributed by atoms with Crippen LogP contribution in [0.25, 0.3) is 0 Å². The molecule has 1 aromatic rings. The molecule has 4 heteroatoms. The summed E-state index contributed by atoms with van der Waals surface area (Å²) in [5.41, 5.74) is 0.286. The standard InChI is InChI=1S/C13H17NO3/c1-8(9-3-2-4-9)14-13(17)10-5-11(15)7-12(16)6-10/h5-9,15-16H,2-4H2,1H3,(H,14,17)/t8-/m1/s1. The van der Waals surface area contributed by atoms with Gasteiger partial charge in [0, 0.05) is 17.7 Å². The van der Waals surface area contributed by atoms with Crippen molar-refractivity contribution >= 4 is 5.91 Å². The van der Waals surface area contributed by atoms with Crippen LogP contribution in [0, 0.1) is 5.92 Å². The zero-order valence-corrected chi connectivity index (χ0v) is 9.81. The average Bonchev–Trinajstić information content (AvgIpc) is 2.12. The summed E-state index contributed by atoms with van der Waals surface area (Å²) in [5, 5.41) is 21.5. The summed E-state index contributed by atoms with van der Waals surface area (Å²) in [6.07, 6.45) is 3.55. The topological polar surface area (TPSA) is 69.6 Å². The minimum absolute atomic E-state index is 0.105. The molecule has 0 heterocycles. The first-order chi connectivity index (χ1) is 8.06. The van der Waals surface area contributed by atoms with Crippen LogP contribution in [0.1, 0.15) is 36.5 Å².